The predicted octanol–water partition coefficient (Wildman–Crippen LogP) is 4.67. The summed E-state index contributed by atoms with van der Waals surface area (Å²) in [5, 5.41) is 27.2. The van der Waals surface area contributed by atoms with Crippen LogP contribution in [0.4, 0.5) is 9.18 Å². The first kappa shape index (κ1) is 28.0. The Morgan fingerprint density at radius 2 is 1.97 bits per heavy atom. The maximum atomic E-state index is 15.5. The van der Waals surface area contributed by atoms with Gasteiger partial charge in [-0.3, -0.25) is 4.79 Å². The van der Waals surface area contributed by atoms with Crippen LogP contribution < -0.4 is 10.6 Å². The maximum Gasteiger partial charge on any atom is 0.404 e. The highest BCUT2D eigenvalue weighted by Crippen LogP contribution is 2.44. The van der Waals surface area contributed by atoms with Gasteiger partial charge < -0.3 is 25.7 Å². The molecular formula is C30H40FN3O4. The van der Waals surface area contributed by atoms with Crippen LogP contribution in [0.25, 0.3) is 11.1 Å². The van der Waals surface area contributed by atoms with Gasteiger partial charge in [0.2, 0.25) is 5.91 Å². The summed E-state index contributed by atoms with van der Waals surface area (Å²) >= 11 is 0. The minimum Gasteiger partial charge on any atom is -0.465 e. The average molecular weight is 526 g/mol. The van der Waals surface area contributed by atoms with Crippen LogP contribution in [0.1, 0.15) is 63.0 Å². The molecule has 3 atom stereocenters. The van der Waals surface area contributed by atoms with E-state index in [-0.39, 0.29) is 30.8 Å². The summed E-state index contributed by atoms with van der Waals surface area (Å²) in [5.41, 5.74) is 1.19. The van der Waals surface area contributed by atoms with Crippen molar-refractivity contribution in [1.82, 2.24) is 15.5 Å². The van der Waals surface area contributed by atoms with Crippen LogP contribution in [-0.2, 0) is 16.8 Å². The molecule has 2 fully saturated rings. The van der Waals surface area contributed by atoms with Gasteiger partial charge in [0.1, 0.15) is 5.82 Å². The molecule has 2 aromatic carbocycles. The molecule has 2 aromatic rings. The summed E-state index contributed by atoms with van der Waals surface area (Å²) in [6.07, 6.45) is 4.64. The number of amides is 2. The molecule has 2 amide bonds. The fraction of sp³-hybridized carbons (Fsp3) is 0.533. The van der Waals surface area contributed by atoms with Crippen LogP contribution in [-0.4, -0.2) is 59.3 Å². The Morgan fingerprint density at radius 1 is 1.16 bits per heavy atom. The van der Waals surface area contributed by atoms with E-state index in [9.17, 15) is 14.7 Å². The molecule has 4 N–H and O–H groups in total. The van der Waals surface area contributed by atoms with Crippen molar-refractivity contribution in [1.29, 1.82) is 0 Å². The topological polar surface area (TPSA) is 102 Å². The molecule has 8 heteroatoms. The first-order valence-corrected chi connectivity index (χ1v) is 13.9. The van der Waals surface area contributed by atoms with E-state index in [2.05, 4.69) is 10.6 Å². The molecule has 206 valence electrons. The monoisotopic (exact) mass is 525 g/mol. The highest BCUT2D eigenvalue weighted by atomic mass is 19.1. The van der Waals surface area contributed by atoms with Gasteiger partial charge in [0.05, 0.1) is 11.6 Å². The molecule has 0 bridgehead atoms. The van der Waals surface area contributed by atoms with Crippen LogP contribution >= 0.6 is 0 Å². The van der Waals surface area contributed by atoms with E-state index in [1.807, 2.05) is 36.1 Å². The number of halogens is 1. The van der Waals surface area contributed by atoms with Crippen LogP contribution in [0.3, 0.4) is 0 Å². The lowest BCUT2D eigenvalue weighted by Crippen LogP contribution is -2.54. The van der Waals surface area contributed by atoms with Crippen molar-refractivity contribution in [3.63, 3.8) is 0 Å². The Labute approximate surface area is 224 Å². The molecule has 38 heavy (non-hydrogen) atoms. The molecule has 2 aliphatic heterocycles. The smallest absolute Gasteiger partial charge is 0.404 e. The van der Waals surface area contributed by atoms with E-state index in [1.165, 1.54) is 6.07 Å². The third kappa shape index (κ3) is 6.35. The third-order valence-corrected chi connectivity index (χ3v) is 8.13. The van der Waals surface area contributed by atoms with E-state index in [1.54, 1.807) is 12.1 Å². The summed E-state index contributed by atoms with van der Waals surface area (Å²) in [5.74, 6) is -0.657. The zero-order valence-corrected chi connectivity index (χ0v) is 22.2. The van der Waals surface area contributed by atoms with Crippen molar-refractivity contribution in [2.24, 2.45) is 5.92 Å². The highest BCUT2D eigenvalue weighted by molar-refractivity contribution is 5.82. The molecule has 7 nitrogen and oxygen atoms in total. The number of nitrogens with one attached hydrogen (secondary N) is 2. The lowest BCUT2D eigenvalue weighted by atomic mass is 9.72. The van der Waals surface area contributed by atoms with E-state index in [0.717, 1.165) is 44.2 Å². The van der Waals surface area contributed by atoms with Gasteiger partial charge in [0.15, 0.2) is 0 Å². The predicted molar refractivity (Wildman–Crippen MR) is 145 cm³/mol. The third-order valence-electron chi connectivity index (χ3n) is 8.13. The van der Waals surface area contributed by atoms with Crippen molar-refractivity contribution in [2.75, 3.05) is 26.2 Å². The number of carboxylic acid groups (broad SMARTS) is 1. The van der Waals surface area contributed by atoms with Crippen LogP contribution in [0.2, 0.25) is 0 Å². The molecule has 1 unspecified atom stereocenters. The number of aliphatic hydroxyl groups is 1. The number of likely N-dealkylation sites (tertiary alicyclic amines) is 1. The van der Waals surface area contributed by atoms with Crippen LogP contribution in [0.5, 0.6) is 0 Å². The Bertz CT molecular complexity index is 1120. The summed E-state index contributed by atoms with van der Waals surface area (Å²) in [7, 11) is 0. The highest BCUT2D eigenvalue weighted by Gasteiger charge is 2.43. The number of hydrogen-bond acceptors (Lipinski definition) is 4. The number of rotatable bonds is 9. The molecular weight excluding hydrogens is 485 g/mol. The second kappa shape index (κ2) is 12.7. The summed E-state index contributed by atoms with van der Waals surface area (Å²) in [4.78, 5) is 26.2. The number of hydrogen-bond donors (Lipinski definition) is 4. The van der Waals surface area contributed by atoms with Gasteiger partial charge in [0.25, 0.3) is 0 Å². The maximum absolute atomic E-state index is 15.5. The van der Waals surface area contributed by atoms with Crippen LogP contribution in [0.15, 0.2) is 42.5 Å². The Morgan fingerprint density at radius 3 is 2.71 bits per heavy atom. The molecule has 4 rings (SSSR count). The van der Waals surface area contributed by atoms with Gasteiger partial charge in [0, 0.05) is 31.1 Å². The normalized spacial score (nSPS) is 21.5. The largest absolute Gasteiger partial charge is 0.465 e. The van der Waals surface area contributed by atoms with Gasteiger partial charge >= 0.3 is 6.09 Å². The molecule has 0 saturated carbocycles. The molecule has 2 saturated heterocycles. The van der Waals surface area contributed by atoms with Gasteiger partial charge in [-0.15, -0.1) is 0 Å². The number of carbonyl (C=O) groups is 2. The fourth-order valence-corrected chi connectivity index (χ4v) is 6.09. The first-order chi connectivity index (χ1) is 18.3. The molecule has 0 aliphatic carbocycles. The number of piperidine rings is 2. The lowest BCUT2D eigenvalue weighted by molar-refractivity contribution is -0.139. The lowest BCUT2D eigenvalue weighted by Gasteiger charge is -2.44. The first-order valence-electron chi connectivity index (χ1n) is 13.9. The molecule has 0 aromatic heterocycles. The summed E-state index contributed by atoms with van der Waals surface area (Å²) in [6.45, 7) is 4.07. The van der Waals surface area contributed by atoms with Crippen molar-refractivity contribution in [2.45, 2.75) is 69.9 Å². The van der Waals surface area contributed by atoms with Gasteiger partial charge in [-0.05, 0) is 74.2 Å². The van der Waals surface area contributed by atoms with Gasteiger partial charge in [-0.1, -0.05) is 49.7 Å². The van der Waals surface area contributed by atoms with Crippen molar-refractivity contribution >= 4 is 12.0 Å². The quantitative estimate of drug-likeness (QED) is 0.357. The fourth-order valence-electron chi connectivity index (χ4n) is 6.09. The van der Waals surface area contributed by atoms with Crippen molar-refractivity contribution in [3.05, 3.63) is 59.4 Å². The minimum absolute atomic E-state index is 0.0689. The number of carbonyl (C=O) groups excluding carboxylic acids is 1. The Balaban J connectivity index is 1.70. The minimum atomic E-state index is -1.45. The van der Waals surface area contributed by atoms with Gasteiger partial charge in [-0.2, -0.15) is 0 Å². The van der Waals surface area contributed by atoms with E-state index in [4.69, 9.17) is 5.11 Å². The average Bonchev–Trinajstić information content (AvgIpc) is 2.95. The van der Waals surface area contributed by atoms with Gasteiger partial charge in [-0.25, -0.2) is 9.18 Å². The zero-order valence-electron chi connectivity index (χ0n) is 22.2. The summed E-state index contributed by atoms with van der Waals surface area (Å²) in [6, 6.07) is 12.3. The van der Waals surface area contributed by atoms with Crippen LogP contribution in [0, 0.1) is 11.7 Å². The zero-order chi connectivity index (χ0) is 27.1. The van der Waals surface area contributed by atoms with Crippen molar-refractivity contribution < 1.29 is 24.2 Å². The van der Waals surface area contributed by atoms with E-state index >= 15 is 4.39 Å². The van der Waals surface area contributed by atoms with Crippen molar-refractivity contribution in [3.8, 4) is 11.1 Å². The Kier molecular flexibility index (Phi) is 9.39. The second-order valence-electron chi connectivity index (χ2n) is 10.6. The number of benzene rings is 2. The number of aryl methyl sites for hydroxylation is 1. The molecule has 0 spiro atoms. The Hall–Kier alpha value is -2.97. The standard InChI is InChI=1S/C30H40FN3O4/c1-2-21-9-5-10-22(19-21)27-24(12-6-13-25(27)31)30(38,15-8-17-33-29(36)37)23-11-7-18-34(20-23)28(35)26-14-3-4-16-32-26/h5-6,9-10,12-13,19,23,26,32-33,38H,2-4,7-8,11,14-18,20H2,1H3,(H,36,37)/t23-,26?,30+/m1/s1. The van der Waals surface area contributed by atoms with E-state index in [0.29, 0.717) is 42.6 Å². The molecule has 0 radical (unpaired) electrons. The summed E-state index contributed by atoms with van der Waals surface area (Å²) < 4.78 is 15.5. The molecule has 2 heterocycles. The molecule has 2 aliphatic rings. The number of nitrogens with zero attached hydrogens (tertiary/aromatic N) is 1. The SMILES string of the molecule is CCc1cccc(-c2c(F)cccc2[C@](O)(CCCNC(=O)O)[C@@H]2CCCN(C(=O)C3CCCCN3)C2)c1. The van der Waals surface area contributed by atoms with E-state index < -0.39 is 17.5 Å². The second-order valence-corrected chi connectivity index (χ2v) is 10.6.